The molecule has 0 fully saturated rings. The first kappa shape index (κ1) is 20.6. The molecule has 1 amide bonds. The molecule has 0 saturated heterocycles. The lowest BCUT2D eigenvalue weighted by molar-refractivity contribution is -0.138. The summed E-state index contributed by atoms with van der Waals surface area (Å²) in [6.45, 7) is 4.88. The van der Waals surface area contributed by atoms with E-state index < -0.39 is 29.0 Å². The van der Waals surface area contributed by atoms with Crippen LogP contribution < -0.4 is 5.32 Å². The van der Waals surface area contributed by atoms with Crippen LogP contribution in [0.5, 0.6) is 0 Å². The van der Waals surface area contributed by atoms with Gasteiger partial charge in [0.1, 0.15) is 12.2 Å². The maximum atomic E-state index is 13.1. The number of esters is 1. The largest absolute Gasteiger partial charge is 0.606 e. The Labute approximate surface area is 170 Å². The van der Waals surface area contributed by atoms with E-state index in [0.29, 0.717) is 16.9 Å². The lowest BCUT2D eigenvalue weighted by Gasteiger charge is -2.24. The molecule has 1 heterocycles. The van der Waals surface area contributed by atoms with E-state index in [0.717, 1.165) is 5.56 Å². The van der Waals surface area contributed by atoms with Crippen LogP contribution in [-0.2, 0) is 27.1 Å². The van der Waals surface area contributed by atoms with Crippen molar-refractivity contribution in [2.75, 3.05) is 13.2 Å². The first-order valence-electron chi connectivity index (χ1n) is 8.81. The first-order chi connectivity index (χ1) is 13.8. The molecule has 2 aromatic carbocycles. The molecule has 29 heavy (non-hydrogen) atoms. The van der Waals surface area contributed by atoms with Crippen LogP contribution in [0, 0.1) is 0 Å². The van der Waals surface area contributed by atoms with Crippen molar-refractivity contribution >= 4 is 29.0 Å². The van der Waals surface area contributed by atoms with Crippen LogP contribution in [0.4, 0.5) is 0 Å². The highest BCUT2D eigenvalue weighted by molar-refractivity contribution is 7.91. The molecule has 1 atom stereocenters. The van der Waals surface area contributed by atoms with Crippen LogP contribution in [0.2, 0.25) is 0 Å². The van der Waals surface area contributed by atoms with Gasteiger partial charge in [0, 0.05) is 34.3 Å². The molecule has 1 aliphatic rings. The first-order valence-corrected chi connectivity index (χ1v) is 9.96. The zero-order chi connectivity index (χ0) is 21.1. The Hall–Kier alpha value is -3.10. The highest BCUT2D eigenvalue weighted by Gasteiger charge is 2.36. The summed E-state index contributed by atoms with van der Waals surface area (Å²) in [6, 6.07) is 10.2. The molecule has 3 rings (SSSR count). The number of carboxylic acids is 1. The Balaban J connectivity index is 1.85. The summed E-state index contributed by atoms with van der Waals surface area (Å²) >= 11 is -1.71. The summed E-state index contributed by atoms with van der Waals surface area (Å²) in [5.74, 6) is -2.55. The number of hydrogen-bond donors (Lipinski definition) is 2. The van der Waals surface area contributed by atoms with E-state index >= 15 is 0 Å². The molecule has 0 aromatic heterocycles. The van der Waals surface area contributed by atoms with Gasteiger partial charge < -0.3 is 19.7 Å². The summed E-state index contributed by atoms with van der Waals surface area (Å²) < 4.78 is 18.0. The van der Waals surface area contributed by atoms with E-state index in [-0.39, 0.29) is 34.7 Å². The number of hydrogen-bond acceptors (Lipinski definition) is 5. The maximum absolute atomic E-state index is 13.1. The normalized spacial score (nSPS) is 14.3. The Morgan fingerprint density at radius 2 is 1.93 bits per heavy atom. The zero-order valence-electron chi connectivity index (χ0n) is 15.7. The van der Waals surface area contributed by atoms with Gasteiger partial charge in [-0.2, -0.15) is 0 Å². The summed E-state index contributed by atoms with van der Waals surface area (Å²) in [7, 11) is 0. The van der Waals surface area contributed by atoms with Crippen molar-refractivity contribution in [1.82, 2.24) is 5.32 Å². The monoisotopic (exact) mass is 413 g/mol. The third-order valence-corrected chi connectivity index (χ3v) is 6.04. The van der Waals surface area contributed by atoms with Crippen LogP contribution in [0.15, 0.2) is 58.3 Å². The van der Waals surface area contributed by atoms with Gasteiger partial charge in [0.2, 0.25) is 0 Å². The fourth-order valence-corrected chi connectivity index (χ4v) is 4.61. The van der Waals surface area contributed by atoms with Crippen LogP contribution in [0.1, 0.15) is 38.8 Å². The minimum Gasteiger partial charge on any atom is -0.606 e. The lowest BCUT2D eigenvalue weighted by atomic mass is 9.97. The Morgan fingerprint density at radius 1 is 1.21 bits per heavy atom. The number of carbonyl (C=O) groups excluding carboxylic acids is 2. The summed E-state index contributed by atoms with van der Waals surface area (Å²) in [5, 5.41) is 12.3. The van der Waals surface area contributed by atoms with Gasteiger partial charge in [-0.05, 0) is 19.1 Å². The summed E-state index contributed by atoms with van der Waals surface area (Å²) in [5.41, 5.74) is 1.36. The Bertz CT molecular complexity index is 1020. The van der Waals surface area contributed by atoms with Crippen molar-refractivity contribution in [2.45, 2.75) is 23.1 Å². The van der Waals surface area contributed by atoms with Gasteiger partial charge in [-0.15, -0.1) is 0 Å². The third kappa shape index (κ3) is 4.18. The van der Waals surface area contributed by atoms with E-state index in [2.05, 4.69) is 11.9 Å². The second-order valence-corrected chi connectivity index (χ2v) is 7.89. The molecular formula is C21H19NO6S. The number of rotatable bonds is 6. The van der Waals surface area contributed by atoms with Crippen LogP contribution >= 0.6 is 0 Å². The molecule has 0 radical (unpaired) electrons. The number of benzene rings is 2. The predicted molar refractivity (Wildman–Crippen MR) is 105 cm³/mol. The molecule has 150 valence electrons. The molecular weight excluding hydrogens is 394 g/mol. The number of nitrogens with one attached hydrogen (secondary N) is 1. The van der Waals surface area contributed by atoms with Crippen molar-refractivity contribution in [3.8, 4) is 0 Å². The quantitative estimate of drug-likeness (QED) is 0.325. The molecule has 0 saturated carbocycles. The van der Waals surface area contributed by atoms with E-state index in [1.54, 1.807) is 18.2 Å². The number of carbonyl (C=O) groups is 3. The van der Waals surface area contributed by atoms with Gasteiger partial charge in [0.05, 0.1) is 12.1 Å². The van der Waals surface area contributed by atoms with Gasteiger partial charge in [0.25, 0.3) is 5.91 Å². The Morgan fingerprint density at radius 3 is 2.62 bits per heavy atom. The van der Waals surface area contributed by atoms with Gasteiger partial charge in [0.15, 0.2) is 9.79 Å². The molecule has 2 aromatic rings. The second kappa shape index (κ2) is 8.50. The summed E-state index contributed by atoms with van der Waals surface area (Å²) in [6.07, 6.45) is 0.441. The molecule has 1 unspecified atom stereocenters. The minimum absolute atomic E-state index is 0.0000795. The number of aromatic carboxylic acids is 1. The van der Waals surface area contributed by atoms with Crippen molar-refractivity contribution in [3.05, 3.63) is 70.8 Å². The van der Waals surface area contributed by atoms with E-state index in [1.165, 1.54) is 13.0 Å². The molecule has 2 N–H and O–H groups in total. The average molecular weight is 413 g/mol. The number of ether oxygens (including phenoxy) is 1. The topological polar surface area (TPSA) is 116 Å². The van der Waals surface area contributed by atoms with Gasteiger partial charge >= 0.3 is 11.9 Å². The molecule has 1 aliphatic heterocycles. The fourth-order valence-electron chi connectivity index (χ4n) is 3.05. The molecule has 7 nitrogen and oxygen atoms in total. The van der Waals surface area contributed by atoms with Crippen LogP contribution in [-0.4, -0.2) is 40.7 Å². The summed E-state index contributed by atoms with van der Waals surface area (Å²) in [4.78, 5) is 36.6. The highest BCUT2D eigenvalue weighted by atomic mass is 32.2. The molecule has 0 spiro atoms. The highest BCUT2D eigenvalue weighted by Crippen LogP contribution is 2.37. The van der Waals surface area contributed by atoms with Crippen molar-refractivity contribution in [3.63, 3.8) is 0 Å². The van der Waals surface area contributed by atoms with Gasteiger partial charge in [-0.3, -0.25) is 4.79 Å². The minimum atomic E-state index is -1.71. The molecule has 0 bridgehead atoms. The lowest BCUT2D eigenvalue weighted by Crippen LogP contribution is -2.31. The van der Waals surface area contributed by atoms with Crippen LogP contribution in [0.3, 0.4) is 0 Å². The number of carboxylic acid groups (broad SMARTS) is 1. The van der Waals surface area contributed by atoms with Crippen molar-refractivity contribution in [2.24, 2.45) is 0 Å². The second-order valence-electron chi connectivity index (χ2n) is 6.51. The van der Waals surface area contributed by atoms with Gasteiger partial charge in [-0.1, -0.05) is 30.8 Å². The third-order valence-electron chi connectivity index (χ3n) is 4.41. The van der Waals surface area contributed by atoms with Gasteiger partial charge in [-0.25, -0.2) is 9.59 Å². The number of fused-ring (bicyclic) bond motifs is 2. The maximum Gasteiger partial charge on any atom is 0.341 e. The van der Waals surface area contributed by atoms with E-state index in [1.807, 2.05) is 12.1 Å². The standard InChI is InChI=1S/C21H19NO6S/c1-12(2)21(26)28-10-9-22-19(23)15-8-7-14-11-13-5-3-4-6-16(13)29(27)18(14)17(15)20(24)25/h3-8H,1,9-11H2,2H3,(H,22,23)(H,24,25). The fraction of sp³-hybridized carbons (Fsp3) is 0.190. The predicted octanol–water partition coefficient (Wildman–Crippen LogP) is 2.30. The van der Waals surface area contributed by atoms with E-state index in [4.69, 9.17) is 4.74 Å². The molecule has 0 aliphatic carbocycles. The SMILES string of the molecule is C=C(C)C(=O)OCCNC(=O)c1ccc2c(c1C(=O)O)[S+]([O-])c1ccccc1C2. The number of amides is 1. The zero-order valence-corrected chi connectivity index (χ0v) is 16.5. The average Bonchev–Trinajstić information content (AvgIpc) is 2.70. The smallest absolute Gasteiger partial charge is 0.341 e. The molecule has 8 heteroatoms. The van der Waals surface area contributed by atoms with Crippen molar-refractivity contribution < 1.29 is 28.8 Å². The Kier molecular flexibility index (Phi) is 6.05. The van der Waals surface area contributed by atoms with Crippen molar-refractivity contribution in [1.29, 1.82) is 0 Å². The van der Waals surface area contributed by atoms with E-state index in [9.17, 15) is 24.0 Å². The van der Waals surface area contributed by atoms with Crippen LogP contribution in [0.25, 0.3) is 0 Å².